The highest BCUT2D eigenvalue weighted by molar-refractivity contribution is 5.80. The first-order chi connectivity index (χ1) is 18.0. The van der Waals surface area contributed by atoms with E-state index in [-0.39, 0.29) is 17.6 Å². The number of para-hydroxylation sites is 2. The number of carbonyl (C=O) groups excluding carboxylic acids is 1. The van der Waals surface area contributed by atoms with Gasteiger partial charge in [-0.15, -0.1) is 0 Å². The monoisotopic (exact) mass is 505 g/mol. The minimum absolute atomic E-state index is 0.0464. The second-order valence-electron chi connectivity index (χ2n) is 10.9. The zero-order valence-corrected chi connectivity index (χ0v) is 22.2. The van der Waals surface area contributed by atoms with E-state index < -0.39 is 0 Å². The van der Waals surface area contributed by atoms with E-state index in [0.29, 0.717) is 18.6 Å². The highest BCUT2D eigenvalue weighted by Gasteiger charge is 2.28. The minimum Gasteiger partial charge on any atom is -0.356 e. The molecule has 1 N–H and O–H groups in total. The van der Waals surface area contributed by atoms with Crippen molar-refractivity contribution in [3.8, 4) is 0 Å². The van der Waals surface area contributed by atoms with Gasteiger partial charge in [0.1, 0.15) is 5.82 Å². The topological polar surface area (TPSA) is 53.4 Å². The smallest absolute Gasteiger partial charge is 0.223 e. The molecule has 3 aromatic rings. The standard InChI is InChI=1S/C30H40FN5O/c1-22-8-5-9-23(2)35(22)17-7-16-32-29(37)25-14-18-34(19-15-25)30-33-27-12-3-4-13-28(27)36(30)21-24-10-6-11-26(31)20-24/h3-4,6,10-13,20,22-23,25H,5,7-9,14-19,21H2,1-2H3,(H,32,37)/t22-,23+. The fourth-order valence-electron chi connectivity index (χ4n) is 6.15. The summed E-state index contributed by atoms with van der Waals surface area (Å²) in [5, 5.41) is 3.21. The molecule has 0 aliphatic carbocycles. The van der Waals surface area contributed by atoms with Crippen molar-refractivity contribution < 1.29 is 9.18 Å². The molecule has 0 saturated carbocycles. The van der Waals surface area contributed by atoms with Gasteiger partial charge in [0.2, 0.25) is 11.9 Å². The van der Waals surface area contributed by atoms with E-state index in [9.17, 15) is 9.18 Å². The third kappa shape index (κ3) is 5.98. The van der Waals surface area contributed by atoms with E-state index >= 15 is 0 Å². The Morgan fingerprint density at radius 1 is 1.03 bits per heavy atom. The molecule has 37 heavy (non-hydrogen) atoms. The van der Waals surface area contributed by atoms with Crippen LogP contribution in [0, 0.1) is 11.7 Å². The third-order valence-corrected chi connectivity index (χ3v) is 8.28. The van der Waals surface area contributed by atoms with Crippen LogP contribution in [-0.2, 0) is 11.3 Å². The van der Waals surface area contributed by atoms with Gasteiger partial charge in [-0.25, -0.2) is 9.37 Å². The zero-order chi connectivity index (χ0) is 25.8. The predicted octanol–water partition coefficient (Wildman–Crippen LogP) is 5.21. The van der Waals surface area contributed by atoms with Crippen LogP contribution >= 0.6 is 0 Å². The number of nitrogens with one attached hydrogen (secondary N) is 1. The lowest BCUT2D eigenvalue weighted by Gasteiger charge is -2.39. The van der Waals surface area contributed by atoms with Crippen LogP contribution < -0.4 is 10.2 Å². The molecular formula is C30H40FN5O. The molecule has 0 bridgehead atoms. The molecule has 2 fully saturated rings. The number of amides is 1. The molecule has 2 atom stereocenters. The first-order valence-corrected chi connectivity index (χ1v) is 14.0. The summed E-state index contributed by atoms with van der Waals surface area (Å²) in [4.78, 5) is 22.7. The number of piperidine rings is 2. The van der Waals surface area contributed by atoms with E-state index in [4.69, 9.17) is 4.98 Å². The van der Waals surface area contributed by atoms with Crippen molar-refractivity contribution in [1.29, 1.82) is 0 Å². The van der Waals surface area contributed by atoms with E-state index in [1.807, 2.05) is 24.3 Å². The number of aromatic nitrogens is 2. The fourth-order valence-corrected chi connectivity index (χ4v) is 6.15. The average Bonchev–Trinajstić information content (AvgIpc) is 3.26. The number of likely N-dealkylation sites (tertiary alicyclic amines) is 1. The molecular weight excluding hydrogens is 465 g/mol. The second-order valence-corrected chi connectivity index (χ2v) is 10.9. The number of anilines is 1. The molecule has 1 aromatic heterocycles. The fraction of sp³-hybridized carbons (Fsp3) is 0.533. The number of hydrogen-bond acceptors (Lipinski definition) is 4. The number of halogens is 1. The summed E-state index contributed by atoms with van der Waals surface area (Å²) in [6, 6.07) is 16.1. The third-order valence-electron chi connectivity index (χ3n) is 8.28. The molecule has 1 amide bonds. The molecule has 5 rings (SSSR count). The molecule has 2 aliphatic heterocycles. The number of benzene rings is 2. The van der Waals surface area contributed by atoms with Crippen LogP contribution in [0.5, 0.6) is 0 Å². The van der Waals surface area contributed by atoms with Crippen molar-refractivity contribution in [2.45, 2.75) is 71.0 Å². The molecule has 6 nitrogen and oxygen atoms in total. The highest BCUT2D eigenvalue weighted by atomic mass is 19.1. The van der Waals surface area contributed by atoms with Crippen LogP contribution in [0.2, 0.25) is 0 Å². The Kier molecular flexibility index (Phi) is 8.08. The quantitative estimate of drug-likeness (QED) is 0.427. The van der Waals surface area contributed by atoms with Gasteiger partial charge in [0.25, 0.3) is 0 Å². The maximum Gasteiger partial charge on any atom is 0.223 e. The Bertz CT molecular complexity index is 1190. The summed E-state index contributed by atoms with van der Waals surface area (Å²) >= 11 is 0. The Labute approximate surface area is 219 Å². The van der Waals surface area contributed by atoms with Gasteiger partial charge < -0.3 is 14.8 Å². The SMILES string of the molecule is C[C@@H]1CCC[C@H](C)N1CCCNC(=O)C1CCN(c2nc3ccccc3n2Cc2cccc(F)c2)CC1. The first-order valence-electron chi connectivity index (χ1n) is 14.0. The maximum atomic E-state index is 13.8. The molecule has 7 heteroatoms. The lowest BCUT2D eigenvalue weighted by atomic mass is 9.96. The van der Waals surface area contributed by atoms with Crippen LogP contribution in [0.25, 0.3) is 11.0 Å². The van der Waals surface area contributed by atoms with Crippen molar-refractivity contribution in [2.24, 2.45) is 5.92 Å². The molecule has 2 aliphatic rings. The maximum absolute atomic E-state index is 13.8. The van der Waals surface area contributed by atoms with Gasteiger partial charge in [-0.1, -0.05) is 30.7 Å². The highest BCUT2D eigenvalue weighted by Crippen LogP contribution is 2.28. The largest absolute Gasteiger partial charge is 0.356 e. The summed E-state index contributed by atoms with van der Waals surface area (Å²) in [5.74, 6) is 0.905. The van der Waals surface area contributed by atoms with Crippen LogP contribution in [0.4, 0.5) is 10.3 Å². The van der Waals surface area contributed by atoms with Gasteiger partial charge in [-0.05, 0) is 75.8 Å². The van der Waals surface area contributed by atoms with Crippen molar-refractivity contribution >= 4 is 22.9 Å². The molecule has 0 radical (unpaired) electrons. The molecule has 2 saturated heterocycles. The van der Waals surface area contributed by atoms with E-state index in [1.54, 1.807) is 12.1 Å². The summed E-state index contributed by atoms with van der Waals surface area (Å²) < 4.78 is 16.0. The van der Waals surface area contributed by atoms with Crippen LogP contribution in [0.1, 0.15) is 57.9 Å². The van der Waals surface area contributed by atoms with E-state index in [0.717, 1.165) is 68.0 Å². The molecule has 198 valence electrons. The van der Waals surface area contributed by atoms with Crippen molar-refractivity contribution in [3.05, 3.63) is 59.9 Å². The van der Waals surface area contributed by atoms with Crippen LogP contribution in [0.15, 0.2) is 48.5 Å². The lowest BCUT2D eigenvalue weighted by molar-refractivity contribution is -0.125. The van der Waals surface area contributed by atoms with Gasteiger partial charge in [-0.2, -0.15) is 0 Å². The summed E-state index contributed by atoms with van der Waals surface area (Å²) in [6.07, 6.45) is 6.53. The number of imidazole rings is 1. The number of hydrogen-bond donors (Lipinski definition) is 1. The second kappa shape index (κ2) is 11.6. The Hall–Kier alpha value is -2.93. The summed E-state index contributed by atoms with van der Waals surface area (Å²) in [6.45, 7) is 8.59. The van der Waals surface area contributed by atoms with Gasteiger partial charge in [0, 0.05) is 44.2 Å². The number of fused-ring (bicyclic) bond motifs is 1. The Morgan fingerprint density at radius 3 is 2.54 bits per heavy atom. The number of nitrogens with zero attached hydrogens (tertiary/aromatic N) is 4. The molecule has 2 aromatic carbocycles. The Balaban J connectivity index is 1.17. The first kappa shape index (κ1) is 25.7. The predicted molar refractivity (Wildman–Crippen MR) is 147 cm³/mol. The number of carbonyl (C=O) groups is 1. The van der Waals surface area contributed by atoms with Gasteiger partial charge in [0.15, 0.2) is 0 Å². The van der Waals surface area contributed by atoms with Crippen LogP contribution in [-0.4, -0.2) is 58.6 Å². The van der Waals surface area contributed by atoms with Crippen molar-refractivity contribution in [2.75, 3.05) is 31.1 Å². The van der Waals surface area contributed by atoms with Gasteiger partial charge in [0.05, 0.1) is 17.6 Å². The molecule has 3 heterocycles. The molecule has 0 spiro atoms. The van der Waals surface area contributed by atoms with E-state index in [2.05, 4.69) is 39.6 Å². The zero-order valence-electron chi connectivity index (χ0n) is 22.2. The van der Waals surface area contributed by atoms with Gasteiger partial charge in [-0.3, -0.25) is 9.69 Å². The summed E-state index contributed by atoms with van der Waals surface area (Å²) in [7, 11) is 0. The van der Waals surface area contributed by atoms with Crippen molar-refractivity contribution in [3.63, 3.8) is 0 Å². The average molecular weight is 506 g/mol. The van der Waals surface area contributed by atoms with Crippen LogP contribution in [0.3, 0.4) is 0 Å². The minimum atomic E-state index is -0.227. The molecule has 0 unspecified atom stereocenters. The lowest BCUT2D eigenvalue weighted by Crippen LogP contribution is -2.45. The normalized spacial score (nSPS) is 21.4. The summed E-state index contributed by atoms with van der Waals surface area (Å²) in [5.41, 5.74) is 2.89. The van der Waals surface area contributed by atoms with Crippen molar-refractivity contribution in [1.82, 2.24) is 19.8 Å². The van der Waals surface area contributed by atoms with E-state index in [1.165, 1.54) is 25.3 Å². The van der Waals surface area contributed by atoms with Gasteiger partial charge >= 0.3 is 0 Å². The Morgan fingerprint density at radius 2 is 1.78 bits per heavy atom. The number of rotatable bonds is 8.